The zero-order valence-electron chi connectivity index (χ0n) is 28.9. The molecule has 13 N–H and O–H groups in total. The van der Waals surface area contributed by atoms with E-state index in [1.54, 1.807) is 13.8 Å². The third kappa shape index (κ3) is 16.1. The third-order valence-corrected chi connectivity index (χ3v) is 8.26. The normalized spacial score (nSPS) is 24.7. The van der Waals surface area contributed by atoms with Crippen LogP contribution in [0.5, 0.6) is 0 Å². The van der Waals surface area contributed by atoms with E-state index < -0.39 is 121 Å². The van der Waals surface area contributed by atoms with Crippen LogP contribution in [0.3, 0.4) is 0 Å². The Kier molecular flexibility index (Phi) is 19.7. The minimum Gasteiger partial charge on any atom is -0.481 e. The summed E-state index contributed by atoms with van der Waals surface area (Å²) in [6.07, 6.45) is -1.28. The van der Waals surface area contributed by atoms with Gasteiger partial charge in [0, 0.05) is 6.42 Å². The molecule has 0 bridgehead atoms. The van der Waals surface area contributed by atoms with E-state index in [0.717, 1.165) is 0 Å². The van der Waals surface area contributed by atoms with E-state index in [-0.39, 0.29) is 32.4 Å². The lowest BCUT2D eigenvalue weighted by molar-refractivity contribution is -0.144. The molecule has 1 aliphatic rings. The van der Waals surface area contributed by atoms with Crippen LogP contribution >= 0.6 is 0 Å². The topological polar surface area (TPSA) is 339 Å². The highest BCUT2D eigenvalue weighted by molar-refractivity contribution is 5.99. The lowest BCUT2D eigenvalue weighted by Gasteiger charge is -2.30. The molecule has 288 valence electrons. The van der Waals surface area contributed by atoms with Gasteiger partial charge in [-0.1, -0.05) is 20.3 Å². The number of aliphatic carboxylic acids is 3. The number of nitrogens with two attached hydrogens (primary N) is 2. The quantitative estimate of drug-likeness (QED) is 0.0667. The number of carbonyl (C=O) groups excluding carboxylic acids is 6. The third-order valence-electron chi connectivity index (χ3n) is 8.26. The summed E-state index contributed by atoms with van der Waals surface area (Å²) in [5.41, 5.74) is 11.2. The minimum absolute atomic E-state index is 0.0238. The smallest absolute Gasteiger partial charge is 0.305 e. The van der Waals surface area contributed by atoms with Crippen LogP contribution in [0.4, 0.5) is 0 Å². The summed E-state index contributed by atoms with van der Waals surface area (Å²) in [5.74, 6) is -11.1. The molecule has 1 rings (SSSR count). The van der Waals surface area contributed by atoms with E-state index in [0.29, 0.717) is 25.7 Å². The Bertz CT molecular complexity index is 1260. The van der Waals surface area contributed by atoms with Crippen molar-refractivity contribution >= 4 is 53.4 Å². The fourth-order valence-electron chi connectivity index (χ4n) is 5.13. The lowest BCUT2D eigenvalue weighted by atomic mass is 9.96. The SMILES string of the molecule is CC[C@H](C)[C@@H]1NC(=O)[C@H](CCCCN)NC(=O)[C@H](CCC(=O)O)NC(=O)[C@H](CCCCN)NC(=O)[C@H](CC(=O)O)NC(=O)[C@H](CC(=O)O)NC1=O. The highest BCUT2D eigenvalue weighted by Crippen LogP contribution is 2.13. The maximum Gasteiger partial charge on any atom is 0.305 e. The van der Waals surface area contributed by atoms with Crippen LogP contribution in [0.2, 0.25) is 0 Å². The summed E-state index contributed by atoms with van der Waals surface area (Å²) in [6.45, 7) is 3.77. The van der Waals surface area contributed by atoms with Gasteiger partial charge in [-0.15, -0.1) is 0 Å². The summed E-state index contributed by atoms with van der Waals surface area (Å²) < 4.78 is 0. The maximum absolute atomic E-state index is 13.7. The van der Waals surface area contributed by atoms with Crippen molar-refractivity contribution in [3.05, 3.63) is 0 Å². The van der Waals surface area contributed by atoms with Crippen LogP contribution in [0, 0.1) is 5.92 Å². The molecule has 0 unspecified atom stereocenters. The first-order chi connectivity index (χ1) is 24.0. The Morgan fingerprint density at radius 1 is 0.549 bits per heavy atom. The van der Waals surface area contributed by atoms with E-state index in [4.69, 9.17) is 11.5 Å². The number of carboxylic acids is 3. The maximum atomic E-state index is 13.7. The van der Waals surface area contributed by atoms with Crippen molar-refractivity contribution in [2.45, 2.75) is 121 Å². The zero-order chi connectivity index (χ0) is 38.7. The Labute approximate surface area is 294 Å². The molecule has 0 aromatic carbocycles. The van der Waals surface area contributed by atoms with Crippen LogP contribution in [0.25, 0.3) is 0 Å². The second-order valence-electron chi connectivity index (χ2n) is 12.4. The summed E-state index contributed by atoms with van der Waals surface area (Å²) in [6, 6.07) is -9.33. The van der Waals surface area contributed by atoms with Gasteiger partial charge >= 0.3 is 17.9 Å². The minimum atomic E-state index is -1.86. The second kappa shape index (κ2) is 22.8. The first kappa shape index (κ1) is 44.2. The zero-order valence-corrected chi connectivity index (χ0v) is 28.9. The number of hydrogen-bond donors (Lipinski definition) is 11. The van der Waals surface area contributed by atoms with Gasteiger partial charge in [-0.25, -0.2) is 0 Å². The Morgan fingerprint density at radius 3 is 1.27 bits per heavy atom. The van der Waals surface area contributed by atoms with Crippen LogP contribution in [0.1, 0.15) is 84.5 Å². The number of amides is 6. The summed E-state index contributed by atoms with van der Waals surface area (Å²) >= 11 is 0. The molecule has 7 atom stereocenters. The van der Waals surface area contributed by atoms with Crippen molar-refractivity contribution in [3.63, 3.8) is 0 Å². The standard InChI is InChI=1S/C31H52N8O12/c1-3-16(2)25-31(51)38-21(15-24(44)45)30(50)37-20(14-23(42)43)29(49)35-17(8-4-6-12-32)26(46)36-19(10-11-22(40)41)27(47)34-18(28(48)39-25)9-5-7-13-33/h16-21,25H,3-15,32-33H2,1-2H3,(H,34,47)(H,35,49)(H,36,46)(H,37,50)(H,38,51)(H,39,48)(H,40,41)(H,42,43)(H,44,45)/t16-,17-,18-,19-,20-,21-,25-/m0/s1. The van der Waals surface area contributed by atoms with Crippen LogP contribution in [0.15, 0.2) is 0 Å². The fourth-order valence-corrected chi connectivity index (χ4v) is 5.13. The molecule has 0 aromatic heterocycles. The van der Waals surface area contributed by atoms with E-state index in [9.17, 15) is 58.5 Å². The highest BCUT2D eigenvalue weighted by atomic mass is 16.4. The molecule has 20 nitrogen and oxygen atoms in total. The van der Waals surface area contributed by atoms with Gasteiger partial charge in [0.15, 0.2) is 0 Å². The molecule has 0 spiro atoms. The molecule has 0 aliphatic carbocycles. The number of unbranched alkanes of at least 4 members (excludes halogenated alkanes) is 2. The number of hydrogen-bond acceptors (Lipinski definition) is 11. The van der Waals surface area contributed by atoms with Gasteiger partial charge in [0.1, 0.15) is 36.3 Å². The van der Waals surface area contributed by atoms with Gasteiger partial charge < -0.3 is 58.7 Å². The Hall–Kier alpha value is -4.85. The van der Waals surface area contributed by atoms with Gasteiger partial charge in [0.05, 0.1) is 12.8 Å². The van der Waals surface area contributed by atoms with Crippen LogP contribution in [-0.4, -0.2) is 118 Å². The summed E-state index contributed by atoms with van der Waals surface area (Å²) in [5, 5.41) is 42.6. The van der Waals surface area contributed by atoms with Crippen molar-refractivity contribution < 1.29 is 58.5 Å². The molecule has 0 aromatic rings. The number of carbonyl (C=O) groups is 9. The number of rotatable bonds is 17. The number of nitrogens with one attached hydrogen (secondary N) is 6. The van der Waals surface area contributed by atoms with Crippen molar-refractivity contribution in [1.29, 1.82) is 0 Å². The van der Waals surface area contributed by atoms with Gasteiger partial charge in [0.25, 0.3) is 0 Å². The van der Waals surface area contributed by atoms with Crippen LogP contribution < -0.4 is 43.4 Å². The highest BCUT2D eigenvalue weighted by Gasteiger charge is 2.37. The van der Waals surface area contributed by atoms with E-state index >= 15 is 0 Å². The van der Waals surface area contributed by atoms with Crippen molar-refractivity contribution in [1.82, 2.24) is 31.9 Å². The molecule has 6 amide bonds. The number of carboxylic acid groups (broad SMARTS) is 3. The molecular formula is C31H52N8O12. The van der Waals surface area contributed by atoms with E-state index in [1.165, 1.54) is 0 Å². The van der Waals surface area contributed by atoms with E-state index in [1.807, 2.05) is 0 Å². The molecule has 51 heavy (non-hydrogen) atoms. The molecule has 0 radical (unpaired) electrons. The fraction of sp³-hybridized carbons (Fsp3) is 0.710. The van der Waals surface area contributed by atoms with Gasteiger partial charge in [-0.2, -0.15) is 0 Å². The second-order valence-corrected chi connectivity index (χ2v) is 12.4. The summed E-state index contributed by atoms with van der Waals surface area (Å²) in [4.78, 5) is 116. The van der Waals surface area contributed by atoms with Crippen molar-refractivity contribution in [2.24, 2.45) is 17.4 Å². The molecular weight excluding hydrogens is 676 g/mol. The average molecular weight is 729 g/mol. The van der Waals surface area contributed by atoms with Crippen molar-refractivity contribution in [2.75, 3.05) is 13.1 Å². The average Bonchev–Trinajstić information content (AvgIpc) is 3.05. The predicted octanol–water partition coefficient (Wildman–Crippen LogP) is -2.97. The monoisotopic (exact) mass is 728 g/mol. The largest absolute Gasteiger partial charge is 0.481 e. The summed E-state index contributed by atoms with van der Waals surface area (Å²) in [7, 11) is 0. The molecule has 1 saturated heterocycles. The first-order valence-electron chi connectivity index (χ1n) is 16.9. The molecule has 1 fully saturated rings. The van der Waals surface area contributed by atoms with Crippen LogP contribution in [-0.2, 0) is 43.2 Å². The van der Waals surface area contributed by atoms with E-state index in [2.05, 4.69) is 31.9 Å². The van der Waals surface area contributed by atoms with Gasteiger partial charge in [-0.3, -0.25) is 43.2 Å². The van der Waals surface area contributed by atoms with Crippen molar-refractivity contribution in [3.8, 4) is 0 Å². The Morgan fingerprint density at radius 2 is 0.902 bits per heavy atom. The Balaban J connectivity index is 3.81. The first-order valence-corrected chi connectivity index (χ1v) is 16.9. The molecule has 20 heteroatoms. The molecule has 1 aliphatic heterocycles. The molecule has 0 saturated carbocycles. The lowest BCUT2D eigenvalue weighted by Crippen LogP contribution is -2.62. The van der Waals surface area contributed by atoms with Gasteiger partial charge in [-0.05, 0) is 64.0 Å². The molecule has 1 heterocycles. The predicted molar refractivity (Wildman–Crippen MR) is 178 cm³/mol. The van der Waals surface area contributed by atoms with Gasteiger partial charge in [0.2, 0.25) is 35.4 Å².